The summed E-state index contributed by atoms with van der Waals surface area (Å²) in [6.45, 7) is 5.85. The Kier molecular flexibility index (Phi) is 4.97. The van der Waals surface area contributed by atoms with Crippen LogP contribution in [-0.4, -0.2) is 82.6 Å². The van der Waals surface area contributed by atoms with Gasteiger partial charge < -0.3 is 14.7 Å². The van der Waals surface area contributed by atoms with Crippen LogP contribution < -0.4 is 0 Å². The van der Waals surface area contributed by atoms with Crippen molar-refractivity contribution >= 4 is 11.8 Å². The molecule has 4 heterocycles. The van der Waals surface area contributed by atoms with Crippen LogP contribution in [0, 0.1) is 18.8 Å². The maximum atomic E-state index is 13.3. The molecular weight excluding hydrogens is 342 g/mol. The van der Waals surface area contributed by atoms with Crippen LogP contribution in [0.4, 0.5) is 0 Å². The van der Waals surface area contributed by atoms with E-state index in [1.54, 1.807) is 0 Å². The number of carbonyl (C=O) groups is 2. The molecule has 3 saturated heterocycles. The molecule has 3 aliphatic rings. The van der Waals surface area contributed by atoms with E-state index in [-0.39, 0.29) is 5.91 Å². The van der Waals surface area contributed by atoms with Crippen molar-refractivity contribution in [1.29, 1.82) is 0 Å². The van der Waals surface area contributed by atoms with Gasteiger partial charge >= 0.3 is 0 Å². The molecule has 0 aliphatic carbocycles. The lowest BCUT2D eigenvalue weighted by Gasteiger charge is -2.52. The Morgan fingerprint density at radius 2 is 2.11 bits per heavy atom. The molecule has 2 amide bonds. The zero-order chi connectivity index (χ0) is 19.1. The van der Waals surface area contributed by atoms with E-state index in [2.05, 4.69) is 14.9 Å². The number of hydrogen-bond acceptors (Lipinski definition) is 4. The molecule has 4 rings (SSSR count). The van der Waals surface area contributed by atoms with Crippen molar-refractivity contribution in [3.05, 3.63) is 17.5 Å². The number of amides is 2. The number of fused-ring (bicyclic) bond motifs is 4. The molecule has 148 valence electrons. The van der Waals surface area contributed by atoms with E-state index in [0.717, 1.165) is 51.1 Å². The number of likely N-dealkylation sites (N-methyl/N-ethyl adjacent to an activating group) is 1. The lowest BCUT2D eigenvalue weighted by molar-refractivity contribution is -0.144. The lowest BCUT2D eigenvalue weighted by atomic mass is 9.76. The van der Waals surface area contributed by atoms with Crippen molar-refractivity contribution < 1.29 is 9.59 Å². The lowest BCUT2D eigenvalue weighted by Crippen LogP contribution is -2.61. The van der Waals surface area contributed by atoms with E-state index in [1.807, 2.05) is 36.7 Å². The van der Waals surface area contributed by atoms with Crippen LogP contribution in [0.2, 0.25) is 0 Å². The highest BCUT2D eigenvalue weighted by atomic mass is 16.2. The predicted octanol–water partition coefficient (Wildman–Crippen LogP) is 1.23. The Labute approximate surface area is 161 Å². The summed E-state index contributed by atoms with van der Waals surface area (Å²) in [4.78, 5) is 31.9. The van der Waals surface area contributed by atoms with Crippen LogP contribution in [0.15, 0.2) is 6.07 Å². The second-order valence-electron chi connectivity index (χ2n) is 8.77. The van der Waals surface area contributed by atoms with E-state index >= 15 is 0 Å². The SMILES string of the molecule is Cc1cc(C(=O)N2CC3CC(C2)[C@@H]2CCCC(=O)N2C3)n(CCN(C)C)n1. The number of piperidine rings is 3. The monoisotopic (exact) mass is 373 g/mol. The summed E-state index contributed by atoms with van der Waals surface area (Å²) < 4.78 is 1.86. The summed E-state index contributed by atoms with van der Waals surface area (Å²) in [5, 5.41) is 4.54. The van der Waals surface area contributed by atoms with Crippen molar-refractivity contribution in [1.82, 2.24) is 24.5 Å². The largest absolute Gasteiger partial charge is 0.339 e. The fourth-order valence-corrected chi connectivity index (χ4v) is 5.12. The standard InChI is InChI=1S/C20H31N5O2/c1-14-9-18(25(21-14)8-7-22(2)3)20(27)23-11-15-10-16(13-23)17-5-4-6-19(26)24(17)12-15/h9,15-17H,4-8,10-13H2,1-3H3/t15?,16?,17-/m0/s1. The zero-order valence-corrected chi connectivity index (χ0v) is 16.7. The number of carbonyl (C=O) groups excluding carboxylic acids is 2. The van der Waals surface area contributed by atoms with Crippen LogP contribution in [0.1, 0.15) is 41.9 Å². The number of hydrogen-bond donors (Lipinski definition) is 0. The van der Waals surface area contributed by atoms with Gasteiger partial charge in [0.05, 0.1) is 12.2 Å². The van der Waals surface area contributed by atoms with Crippen molar-refractivity contribution in [3.63, 3.8) is 0 Å². The Morgan fingerprint density at radius 3 is 2.89 bits per heavy atom. The average molecular weight is 374 g/mol. The van der Waals surface area contributed by atoms with Gasteiger partial charge in [0.15, 0.2) is 0 Å². The predicted molar refractivity (Wildman–Crippen MR) is 102 cm³/mol. The smallest absolute Gasteiger partial charge is 0.272 e. The number of nitrogens with zero attached hydrogens (tertiary/aromatic N) is 5. The molecule has 0 aromatic carbocycles. The molecule has 1 aromatic rings. The van der Waals surface area contributed by atoms with Gasteiger partial charge in [0.25, 0.3) is 5.91 Å². The van der Waals surface area contributed by atoms with Crippen LogP contribution in [0.3, 0.4) is 0 Å². The highest BCUT2D eigenvalue weighted by molar-refractivity contribution is 5.93. The molecule has 0 saturated carbocycles. The Morgan fingerprint density at radius 1 is 1.30 bits per heavy atom. The molecule has 0 spiro atoms. The summed E-state index contributed by atoms with van der Waals surface area (Å²) >= 11 is 0. The molecular formula is C20H31N5O2. The van der Waals surface area contributed by atoms with Gasteiger partial charge in [0.1, 0.15) is 5.69 Å². The maximum Gasteiger partial charge on any atom is 0.272 e. The number of rotatable bonds is 4. The quantitative estimate of drug-likeness (QED) is 0.796. The minimum Gasteiger partial charge on any atom is -0.339 e. The van der Waals surface area contributed by atoms with Crippen molar-refractivity contribution in [2.75, 3.05) is 40.3 Å². The third-order valence-electron chi connectivity index (χ3n) is 6.35. The molecule has 7 heteroatoms. The van der Waals surface area contributed by atoms with E-state index in [0.29, 0.717) is 42.4 Å². The van der Waals surface area contributed by atoms with Crippen molar-refractivity contribution in [3.8, 4) is 0 Å². The molecule has 27 heavy (non-hydrogen) atoms. The molecule has 3 aliphatic heterocycles. The van der Waals surface area contributed by atoms with Gasteiger partial charge in [-0.15, -0.1) is 0 Å². The normalized spacial score (nSPS) is 27.9. The minimum atomic E-state index is 0.0969. The minimum absolute atomic E-state index is 0.0969. The molecule has 2 bridgehead atoms. The van der Waals surface area contributed by atoms with Crippen LogP contribution in [0.25, 0.3) is 0 Å². The first-order chi connectivity index (χ1) is 12.9. The van der Waals surface area contributed by atoms with E-state index in [4.69, 9.17) is 0 Å². The zero-order valence-electron chi connectivity index (χ0n) is 16.7. The number of aromatic nitrogens is 2. The van der Waals surface area contributed by atoms with Crippen LogP contribution in [-0.2, 0) is 11.3 Å². The van der Waals surface area contributed by atoms with Gasteiger partial charge in [0, 0.05) is 38.6 Å². The average Bonchev–Trinajstić information content (AvgIpc) is 3.01. The van der Waals surface area contributed by atoms with Gasteiger partial charge in [-0.25, -0.2) is 0 Å². The highest BCUT2D eigenvalue weighted by Crippen LogP contribution is 2.38. The van der Waals surface area contributed by atoms with Crippen LogP contribution >= 0.6 is 0 Å². The Hall–Kier alpha value is -1.89. The molecule has 2 unspecified atom stereocenters. The second-order valence-corrected chi connectivity index (χ2v) is 8.77. The Balaban J connectivity index is 1.50. The van der Waals surface area contributed by atoms with E-state index < -0.39 is 0 Å². The highest BCUT2D eigenvalue weighted by Gasteiger charge is 2.45. The molecule has 0 radical (unpaired) electrons. The third-order valence-corrected chi connectivity index (χ3v) is 6.35. The molecule has 3 atom stereocenters. The second kappa shape index (κ2) is 7.26. The fourth-order valence-electron chi connectivity index (χ4n) is 5.12. The first kappa shape index (κ1) is 18.5. The summed E-state index contributed by atoms with van der Waals surface area (Å²) in [6.07, 6.45) is 3.93. The van der Waals surface area contributed by atoms with Gasteiger partial charge in [0.2, 0.25) is 5.91 Å². The fraction of sp³-hybridized carbons (Fsp3) is 0.750. The van der Waals surface area contributed by atoms with Crippen molar-refractivity contribution in [2.24, 2.45) is 11.8 Å². The summed E-state index contributed by atoms with van der Waals surface area (Å²) in [6, 6.07) is 2.25. The summed E-state index contributed by atoms with van der Waals surface area (Å²) in [7, 11) is 4.06. The Bertz CT molecular complexity index is 728. The maximum absolute atomic E-state index is 13.3. The first-order valence-corrected chi connectivity index (χ1v) is 10.2. The van der Waals surface area contributed by atoms with E-state index in [1.165, 1.54) is 0 Å². The van der Waals surface area contributed by atoms with Crippen molar-refractivity contribution in [2.45, 2.75) is 45.2 Å². The van der Waals surface area contributed by atoms with Gasteiger partial charge in [-0.2, -0.15) is 5.10 Å². The molecule has 7 nitrogen and oxygen atoms in total. The van der Waals surface area contributed by atoms with Gasteiger partial charge in [-0.05, 0) is 58.2 Å². The molecule has 0 N–H and O–H groups in total. The summed E-state index contributed by atoms with van der Waals surface area (Å²) in [5.41, 5.74) is 1.59. The van der Waals surface area contributed by atoms with Gasteiger partial charge in [-0.1, -0.05) is 0 Å². The number of likely N-dealkylation sites (tertiary alicyclic amines) is 1. The topological polar surface area (TPSA) is 61.7 Å². The van der Waals surface area contributed by atoms with Gasteiger partial charge in [-0.3, -0.25) is 14.3 Å². The molecule has 1 aromatic heterocycles. The van der Waals surface area contributed by atoms with Crippen LogP contribution in [0.5, 0.6) is 0 Å². The summed E-state index contributed by atoms with van der Waals surface area (Å²) in [5.74, 6) is 1.24. The number of aryl methyl sites for hydroxylation is 1. The molecule has 3 fully saturated rings. The third kappa shape index (κ3) is 3.61. The first-order valence-electron chi connectivity index (χ1n) is 10.2. The van der Waals surface area contributed by atoms with E-state index in [9.17, 15) is 9.59 Å².